The zero-order chi connectivity index (χ0) is 44.9. The SMILES string of the molecule is CCC1O[C@@H](OC2C(C)[C@H](C)[C@H](CC)O[C@@H]2OC2[C@H](O)C(CO)O[C@@H](O[C@@H]3C(CC)O[C@@H](O[C@@H]4C(CC)O[C@@H](OCCN=[N+]=[N-])[C@@H](C)C4C)[C@@H](C)C3C)[C@@H]2C)[C@@H](C)C(C)[C@@H]1C. The Morgan fingerprint density at radius 1 is 0.459 bits per heavy atom. The Hall–Kier alpha value is -1.17. The average molecular weight is 870 g/mol. The van der Waals surface area contributed by atoms with E-state index in [1.54, 1.807) is 0 Å². The van der Waals surface area contributed by atoms with Crippen molar-refractivity contribution in [3.05, 3.63) is 10.4 Å². The fourth-order valence-electron chi connectivity index (χ4n) is 10.5. The molecule has 15 heteroatoms. The topological polar surface area (TPSA) is 182 Å². The summed E-state index contributed by atoms with van der Waals surface area (Å²) in [5.74, 6) is 0.901. The fourth-order valence-corrected chi connectivity index (χ4v) is 10.5. The van der Waals surface area contributed by atoms with Crippen LogP contribution in [-0.4, -0.2) is 122 Å². The Kier molecular flexibility index (Phi) is 19.0. The summed E-state index contributed by atoms with van der Waals surface area (Å²) in [4.78, 5) is 2.82. The molecule has 0 aromatic heterocycles. The Morgan fingerprint density at radius 3 is 1.38 bits per heavy atom. The molecule has 0 saturated carbocycles. The number of azide groups is 1. The summed E-state index contributed by atoms with van der Waals surface area (Å²) in [6.07, 6.45) is -4.27. The van der Waals surface area contributed by atoms with Gasteiger partial charge in [-0.1, -0.05) is 102 Å². The van der Waals surface area contributed by atoms with Gasteiger partial charge in [-0.05, 0) is 66.7 Å². The van der Waals surface area contributed by atoms with E-state index in [1.165, 1.54) is 0 Å². The lowest BCUT2D eigenvalue weighted by Crippen LogP contribution is -2.62. The number of hydrogen-bond acceptors (Lipinski definition) is 13. The van der Waals surface area contributed by atoms with Gasteiger partial charge in [-0.15, -0.1) is 0 Å². The summed E-state index contributed by atoms with van der Waals surface area (Å²) < 4.78 is 66.6. The van der Waals surface area contributed by atoms with Gasteiger partial charge in [0.25, 0.3) is 0 Å². The zero-order valence-corrected chi connectivity index (χ0v) is 39.7. The molecule has 5 rings (SSSR count). The lowest BCUT2D eigenvalue weighted by Gasteiger charge is -2.52. The van der Waals surface area contributed by atoms with E-state index in [-0.39, 0.29) is 91.2 Å². The van der Waals surface area contributed by atoms with E-state index in [2.05, 4.69) is 100 Å². The molecule has 0 amide bonds. The number of nitrogens with zero attached hydrogens (tertiary/aromatic N) is 3. The van der Waals surface area contributed by atoms with Crippen LogP contribution in [0.3, 0.4) is 0 Å². The number of ether oxygens (including phenoxy) is 10. The van der Waals surface area contributed by atoms with Gasteiger partial charge in [-0.2, -0.15) is 0 Å². The molecule has 5 aliphatic heterocycles. The van der Waals surface area contributed by atoms with Crippen LogP contribution in [0.5, 0.6) is 0 Å². The Bertz CT molecular complexity index is 1370. The van der Waals surface area contributed by atoms with Gasteiger partial charge in [-0.3, -0.25) is 0 Å². The molecular formula is C46H83N3O12. The van der Waals surface area contributed by atoms with Gasteiger partial charge >= 0.3 is 0 Å². The first-order valence-corrected chi connectivity index (χ1v) is 23.9. The predicted octanol–water partition coefficient (Wildman–Crippen LogP) is 7.83. The van der Waals surface area contributed by atoms with Crippen LogP contribution in [0.1, 0.15) is 123 Å². The lowest BCUT2D eigenvalue weighted by atomic mass is 9.78. The summed E-state index contributed by atoms with van der Waals surface area (Å²) >= 11 is 0. The van der Waals surface area contributed by atoms with E-state index in [0.29, 0.717) is 18.3 Å². The maximum atomic E-state index is 11.8. The van der Waals surface area contributed by atoms with Gasteiger partial charge in [-0.25, -0.2) is 0 Å². The van der Waals surface area contributed by atoms with Crippen molar-refractivity contribution in [3.63, 3.8) is 0 Å². The van der Waals surface area contributed by atoms with Crippen molar-refractivity contribution in [1.29, 1.82) is 0 Å². The van der Waals surface area contributed by atoms with Crippen molar-refractivity contribution in [3.8, 4) is 0 Å². The van der Waals surface area contributed by atoms with Gasteiger partial charge in [0.1, 0.15) is 18.3 Å². The molecule has 61 heavy (non-hydrogen) atoms. The van der Waals surface area contributed by atoms with Crippen molar-refractivity contribution in [1.82, 2.24) is 0 Å². The maximum absolute atomic E-state index is 11.8. The largest absolute Gasteiger partial charge is 0.394 e. The molecule has 0 aromatic carbocycles. The minimum absolute atomic E-state index is 0.00553. The number of hydrogen-bond donors (Lipinski definition) is 2. The van der Waals surface area contributed by atoms with Crippen LogP contribution in [0.4, 0.5) is 0 Å². The quantitative estimate of drug-likeness (QED) is 0.0627. The van der Waals surface area contributed by atoms with Crippen LogP contribution in [0.2, 0.25) is 0 Å². The zero-order valence-electron chi connectivity index (χ0n) is 39.7. The van der Waals surface area contributed by atoms with E-state index < -0.39 is 68.4 Å². The van der Waals surface area contributed by atoms with Crippen LogP contribution in [0.15, 0.2) is 5.11 Å². The Labute approximate surface area is 366 Å². The highest BCUT2D eigenvalue weighted by Gasteiger charge is 2.54. The van der Waals surface area contributed by atoms with Crippen molar-refractivity contribution < 1.29 is 57.6 Å². The van der Waals surface area contributed by atoms with Crippen LogP contribution in [-0.2, 0) is 47.4 Å². The second kappa shape index (κ2) is 22.8. The highest BCUT2D eigenvalue weighted by Crippen LogP contribution is 2.44. The standard InChI is InChI=1S/C46H83N3O12/c1-15-32-23(6)22(5)28(11)43(53-32)61-41-25(8)24(7)33(16-2)54-46(41)60-40-31(14)45(57-36(21-50)37(40)51)59-39-27(10)30(13)44(56-35(39)18-4)58-38-26(9)29(12)42(55-34(38)17-3)52-20-19-48-49-47/h22-46,50-51H,15-21H2,1-14H3/t22?,23-,24-,25?,26?,27?,28-,29-,30-,31+,32?,33-,34?,35?,36?,37+,38-,39-,40?,41?,42+,43-,44-,45-,46+/m0/s1. The first-order chi connectivity index (χ1) is 29.1. The Balaban J connectivity index is 1.30. The van der Waals surface area contributed by atoms with Crippen LogP contribution in [0.25, 0.3) is 10.4 Å². The third-order valence-electron chi connectivity index (χ3n) is 15.9. The first-order valence-electron chi connectivity index (χ1n) is 23.9. The van der Waals surface area contributed by atoms with Gasteiger partial charge in [0.15, 0.2) is 31.5 Å². The highest BCUT2D eigenvalue weighted by atomic mass is 16.8. The molecule has 0 aliphatic carbocycles. The number of aliphatic hydroxyl groups is 2. The van der Waals surface area contributed by atoms with E-state index >= 15 is 0 Å². The molecule has 5 fully saturated rings. The summed E-state index contributed by atoms with van der Waals surface area (Å²) in [6, 6.07) is 0. The van der Waals surface area contributed by atoms with E-state index in [9.17, 15) is 10.2 Å². The van der Waals surface area contributed by atoms with Crippen molar-refractivity contribution in [2.24, 2.45) is 64.3 Å². The molecule has 5 heterocycles. The smallest absolute Gasteiger partial charge is 0.184 e. The van der Waals surface area contributed by atoms with Gasteiger partial charge in [0.05, 0.1) is 55.9 Å². The van der Waals surface area contributed by atoms with E-state index in [1.807, 2.05) is 6.92 Å². The first kappa shape index (κ1) is 50.8. The lowest BCUT2D eigenvalue weighted by molar-refractivity contribution is -0.377. The second-order valence-corrected chi connectivity index (χ2v) is 19.3. The van der Waals surface area contributed by atoms with Crippen molar-refractivity contribution >= 4 is 0 Å². The minimum Gasteiger partial charge on any atom is -0.394 e. The molecule has 0 radical (unpaired) electrons. The molecular weight excluding hydrogens is 787 g/mol. The summed E-state index contributed by atoms with van der Waals surface area (Å²) in [5, 5.41) is 25.9. The van der Waals surface area contributed by atoms with Gasteiger partial charge < -0.3 is 57.6 Å². The molecule has 25 atom stereocenters. The third kappa shape index (κ3) is 11.1. The van der Waals surface area contributed by atoms with Crippen molar-refractivity contribution in [2.75, 3.05) is 19.8 Å². The molecule has 0 aromatic rings. The fraction of sp³-hybridized carbons (Fsp3) is 1.00. The summed E-state index contributed by atoms with van der Waals surface area (Å²) in [7, 11) is 0. The van der Waals surface area contributed by atoms with Gasteiger partial charge in [0, 0.05) is 35.1 Å². The van der Waals surface area contributed by atoms with Crippen molar-refractivity contribution in [2.45, 2.75) is 215 Å². The van der Waals surface area contributed by atoms with Crippen LogP contribution < -0.4 is 0 Å². The summed E-state index contributed by atoms with van der Waals surface area (Å²) in [5.41, 5.74) is 8.65. The molecule has 5 aliphatic rings. The molecule has 0 bridgehead atoms. The monoisotopic (exact) mass is 870 g/mol. The number of rotatable bonds is 17. The molecule has 10 unspecified atom stereocenters. The normalized spacial score (nSPS) is 49.6. The molecule has 0 spiro atoms. The van der Waals surface area contributed by atoms with Gasteiger partial charge in [0.2, 0.25) is 0 Å². The second-order valence-electron chi connectivity index (χ2n) is 19.3. The average Bonchev–Trinajstić information content (AvgIpc) is 3.25. The van der Waals surface area contributed by atoms with Crippen LogP contribution >= 0.6 is 0 Å². The minimum atomic E-state index is -1.14. The molecule has 354 valence electrons. The number of aliphatic hydroxyl groups excluding tert-OH is 2. The van der Waals surface area contributed by atoms with E-state index in [4.69, 9.17) is 52.9 Å². The van der Waals surface area contributed by atoms with Crippen LogP contribution in [0, 0.1) is 59.2 Å². The molecule has 5 saturated heterocycles. The Morgan fingerprint density at radius 2 is 0.852 bits per heavy atom. The van der Waals surface area contributed by atoms with E-state index in [0.717, 1.165) is 19.3 Å². The predicted molar refractivity (Wildman–Crippen MR) is 229 cm³/mol. The molecule has 15 nitrogen and oxygen atoms in total. The third-order valence-corrected chi connectivity index (χ3v) is 15.9. The molecule has 2 N–H and O–H groups in total. The highest BCUT2D eigenvalue weighted by molar-refractivity contribution is 4.95. The summed E-state index contributed by atoms with van der Waals surface area (Å²) in [6.45, 7) is 30.2. The maximum Gasteiger partial charge on any atom is 0.184 e.